The molecule has 132 valence electrons. The van der Waals surface area contributed by atoms with E-state index in [1.165, 1.54) is 12.8 Å². The van der Waals surface area contributed by atoms with Gasteiger partial charge in [-0.1, -0.05) is 6.92 Å². The third kappa shape index (κ3) is 4.83. The lowest BCUT2D eigenvalue weighted by Gasteiger charge is -2.30. The SMILES string of the molecule is CC(CC(=O)N1CCCC1C(=O)NC1CC1)C1CCNCC1.Cl. The van der Waals surface area contributed by atoms with E-state index < -0.39 is 0 Å². The number of hydrogen-bond donors (Lipinski definition) is 2. The average Bonchev–Trinajstić information content (AvgIpc) is 3.19. The first-order valence-corrected chi connectivity index (χ1v) is 8.95. The monoisotopic (exact) mass is 343 g/mol. The first-order chi connectivity index (χ1) is 10.6. The van der Waals surface area contributed by atoms with Crippen LogP contribution < -0.4 is 10.6 Å². The molecule has 1 aliphatic carbocycles. The first-order valence-electron chi connectivity index (χ1n) is 8.95. The van der Waals surface area contributed by atoms with Gasteiger partial charge in [0.05, 0.1) is 0 Å². The normalized spacial score (nSPS) is 26.5. The summed E-state index contributed by atoms with van der Waals surface area (Å²) in [5.74, 6) is 1.32. The van der Waals surface area contributed by atoms with Crippen molar-refractivity contribution >= 4 is 24.2 Å². The van der Waals surface area contributed by atoms with Gasteiger partial charge in [0, 0.05) is 19.0 Å². The lowest BCUT2D eigenvalue weighted by atomic mass is 9.84. The molecule has 23 heavy (non-hydrogen) atoms. The van der Waals surface area contributed by atoms with E-state index in [4.69, 9.17) is 0 Å². The standard InChI is InChI=1S/C17H29N3O2.ClH/c1-12(13-6-8-18-9-7-13)11-16(21)20-10-2-3-15(20)17(22)19-14-4-5-14;/h12-15,18H,2-11H2,1H3,(H,19,22);1H. The van der Waals surface area contributed by atoms with Gasteiger partial charge >= 0.3 is 0 Å². The van der Waals surface area contributed by atoms with Crippen molar-refractivity contribution in [2.75, 3.05) is 19.6 Å². The zero-order valence-corrected chi connectivity index (χ0v) is 14.9. The van der Waals surface area contributed by atoms with E-state index in [-0.39, 0.29) is 30.3 Å². The van der Waals surface area contributed by atoms with E-state index in [1.54, 1.807) is 0 Å². The van der Waals surface area contributed by atoms with Gasteiger partial charge in [-0.25, -0.2) is 0 Å². The van der Waals surface area contributed by atoms with Crippen LogP contribution >= 0.6 is 12.4 Å². The molecule has 2 unspecified atom stereocenters. The Hall–Kier alpha value is -0.810. The quantitative estimate of drug-likeness (QED) is 0.798. The second-order valence-corrected chi connectivity index (χ2v) is 7.30. The Bertz CT molecular complexity index is 422. The molecular weight excluding hydrogens is 314 g/mol. The molecule has 3 rings (SSSR count). The smallest absolute Gasteiger partial charge is 0.243 e. The summed E-state index contributed by atoms with van der Waals surface area (Å²) in [5, 5.41) is 6.43. The van der Waals surface area contributed by atoms with Crippen molar-refractivity contribution in [1.29, 1.82) is 0 Å². The third-order valence-electron chi connectivity index (χ3n) is 5.48. The summed E-state index contributed by atoms with van der Waals surface area (Å²) in [6, 6.07) is 0.159. The van der Waals surface area contributed by atoms with Gasteiger partial charge in [0.25, 0.3) is 0 Å². The van der Waals surface area contributed by atoms with Gasteiger partial charge in [-0.3, -0.25) is 9.59 Å². The second-order valence-electron chi connectivity index (χ2n) is 7.30. The van der Waals surface area contributed by atoms with Crippen molar-refractivity contribution < 1.29 is 9.59 Å². The molecule has 0 radical (unpaired) electrons. The fourth-order valence-corrected chi connectivity index (χ4v) is 3.84. The summed E-state index contributed by atoms with van der Waals surface area (Å²) in [7, 11) is 0. The van der Waals surface area contributed by atoms with Gasteiger partial charge in [-0.2, -0.15) is 0 Å². The Kier molecular flexibility index (Phi) is 6.72. The number of nitrogens with one attached hydrogen (secondary N) is 2. The third-order valence-corrected chi connectivity index (χ3v) is 5.48. The van der Waals surface area contributed by atoms with Gasteiger partial charge in [0.15, 0.2) is 0 Å². The van der Waals surface area contributed by atoms with Crippen molar-refractivity contribution in [1.82, 2.24) is 15.5 Å². The molecule has 2 saturated heterocycles. The Morgan fingerprint density at radius 2 is 1.87 bits per heavy atom. The summed E-state index contributed by atoms with van der Waals surface area (Å²) in [6.45, 7) is 5.09. The van der Waals surface area contributed by atoms with E-state index in [9.17, 15) is 9.59 Å². The number of rotatable bonds is 5. The Morgan fingerprint density at radius 3 is 2.52 bits per heavy atom. The number of nitrogens with zero attached hydrogens (tertiary/aromatic N) is 1. The van der Waals surface area contributed by atoms with Crippen LogP contribution in [0.2, 0.25) is 0 Å². The summed E-state index contributed by atoms with van der Waals surface area (Å²) in [5.41, 5.74) is 0. The van der Waals surface area contributed by atoms with Crippen LogP contribution in [0, 0.1) is 11.8 Å². The maximum Gasteiger partial charge on any atom is 0.243 e. The number of amides is 2. The Morgan fingerprint density at radius 1 is 1.17 bits per heavy atom. The molecule has 1 saturated carbocycles. The van der Waals surface area contributed by atoms with Gasteiger partial charge in [0.1, 0.15) is 6.04 Å². The molecule has 6 heteroatoms. The topological polar surface area (TPSA) is 61.4 Å². The molecule has 3 fully saturated rings. The molecule has 2 amide bonds. The number of piperidine rings is 1. The number of hydrogen-bond acceptors (Lipinski definition) is 3. The number of halogens is 1. The molecule has 0 aromatic carbocycles. The average molecular weight is 344 g/mol. The van der Waals surface area contributed by atoms with Crippen LogP contribution in [0.5, 0.6) is 0 Å². The van der Waals surface area contributed by atoms with Crippen LogP contribution in [0.25, 0.3) is 0 Å². The molecule has 2 atom stereocenters. The minimum atomic E-state index is -0.215. The zero-order valence-electron chi connectivity index (χ0n) is 14.1. The molecule has 3 aliphatic rings. The van der Waals surface area contributed by atoms with Crippen LogP contribution in [0.15, 0.2) is 0 Å². The predicted molar refractivity (Wildman–Crippen MR) is 92.5 cm³/mol. The summed E-state index contributed by atoms with van der Waals surface area (Å²) >= 11 is 0. The summed E-state index contributed by atoms with van der Waals surface area (Å²) < 4.78 is 0. The molecule has 0 spiro atoms. The molecule has 2 N–H and O–H groups in total. The van der Waals surface area contributed by atoms with Gasteiger partial charge in [0.2, 0.25) is 11.8 Å². The van der Waals surface area contributed by atoms with Gasteiger partial charge in [-0.15, -0.1) is 12.4 Å². The van der Waals surface area contributed by atoms with E-state index in [0.717, 1.165) is 45.3 Å². The van der Waals surface area contributed by atoms with Gasteiger partial charge < -0.3 is 15.5 Å². The van der Waals surface area contributed by atoms with Crippen molar-refractivity contribution in [3.63, 3.8) is 0 Å². The van der Waals surface area contributed by atoms with Crippen molar-refractivity contribution in [2.45, 2.75) is 64.0 Å². The molecule has 0 aromatic rings. The molecule has 2 heterocycles. The van der Waals surface area contributed by atoms with E-state index in [0.29, 0.717) is 24.3 Å². The van der Waals surface area contributed by atoms with Crippen LogP contribution in [0.3, 0.4) is 0 Å². The molecule has 2 aliphatic heterocycles. The summed E-state index contributed by atoms with van der Waals surface area (Å²) in [6.07, 6.45) is 6.90. The highest BCUT2D eigenvalue weighted by molar-refractivity contribution is 5.88. The lowest BCUT2D eigenvalue weighted by molar-refractivity contribution is -0.139. The lowest BCUT2D eigenvalue weighted by Crippen LogP contribution is -2.47. The highest BCUT2D eigenvalue weighted by atomic mass is 35.5. The maximum atomic E-state index is 12.6. The fourth-order valence-electron chi connectivity index (χ4n) is 3.84. The van der Waals surface area contributed by atoms with Crippen molar-refractivity contribution in [3.8, 4) is 0 Å². The number of carbonyl (C=O) groups excluding carboxylic acids is 2. The molecular formula is C17H30ClN3O2. The van der Waals surface area contributed by atoms with Gasteiger partial charge in [-0.05, 0) is 63.5 Å². The van der Waals surface area contributed by atoms with E-state index >= 15 is 0 Å². The largest absolute Gasteiger partial charge is 0.352 e. The Balaban J connectivity index is 0.00000192. The minimum absolute atomic E-state index is 0. The first kappa shape index (κ1) is 18.5. The highest BCUT2D eigenvalue weighted by Gasteiger charge is 2.37. The minimum Gasteiger partial charge on any atom is -0.352 e. The number of likely N-dealkylation sites (tertiary alicyclic amines) is 1. The molecule has 0 aromatic heterocycles. The van der Waals surface area contributed by atoms with Crippen LogP contribution in [-0.2, 0) is 9.59 Å². The highest BCUT2D eigenvalue weighted by Crippen LogP contribution is 2.27. The van der Waals surface area contributed by atoms with Crippen LogP contribution in [0.4, 0.5) is 0 Å². The van der Waals surface area contributed by atoms with E-state index in [2.05, 4.69) is 17.6 Å². The summed E-state index contributed by atoms with van der Waals surface area (Å²) in [4.78, 5) is 26.8. The molecule has 5 nitrogen and oxygen atoms in total. The fraction of sp³-hybridized carbons (Fsp3) is 0.882. The van der Waals surface area contributed by atoms with Crippen LogP contribution in [0.1, 0.15) is 51.9 Å². The molecule has 0 bridgehead atoms. The predicted octanol–water partition coefficient (Wildman–Crippen LogP) is 1.70. The van der Waals surface area contributed by atoms with Crippen molar-refractivity contribution in [3.05, 3.63) is 0 Å². The van der Waals surface area contributed by atoms with E-state index in [1.807, 2.05) is 4.90 Å². The van der Waals surface area contributed by atoms with Crippen molar-refractivity contribution in [2.24, 2.45) is 11.8 Å². The maximum absolute atomic E-state index is 12.6. The number of carbonyl (C=O) groups is 2. The zero-order chi connectivity index (χ0) is 15.5. The second kappa shape index (κ2) is 8.34. The van der Waals surface area contributed by atoms with Crippen LogP contribution in [-0.4, -0.2) is 48.4 Å². The Labute approximate surface area is 145 Å².